The number of morpholine rings is 1. The van der Waals surface area contributed by atoms with E-state index in [1.165, 1.54) is 0 Å². The molecule has 4 rings (SSSR count). The number of anilines is 1. The van der Waals surface area contributed by atoms with Crippen LogP contribution in [-0.2, 0) is 18.9 Å². The molecule has 0 spiro atoms. The van der Waals surface area contributed by atoms with Gasteiger partial charge in [0.05, 0.1) is 25.4 Å². The van der Waals surface area contributed by atoms with Crippen molar-refractivity contribution in [1.82, 2.24) is 0 Å². The van der Waals surface area contributed by atoms with E-state index in [0.717, 1.165) is 42.8 Å². The Kier molecular flexibility index (Phi) is 5.10. The van der Waals surface area contributed by atoms with Crippen LogP contribution >= 0.6 is 0 Å². The first-order valence-corrected chi connectivity index (χ1v) is 8.91. The Balaban J connectivity index is 1.47. The molecular formula is C20H20N2O5. The van der Waals surface area contributed by atoms with Gasteiger partial charge in [-0.25, -0.2) is 11.4 Å². The average Bonchev–Trinajstić information content (AvgIpc) is 3.55. The van der Waals surface area contributed by atoms with E-state index in [4.69, 9.17) is 25.5 Å². The number of nitrogens with zero attached hydrogens (tertiary/aromatic N) is 2. The first-order chi connectivity index (χ1) is 13.2. The minimum absolute atomic E-state index is 0.0368. The molecule has 7 nitrogen and oxygen atoms in total. The lowest BCUT2D eigenvalue weighted by Crippen LogP contribution is -2.36. The lowest BCUT2D eigenvalue weighted by atomic mass is 10.0. The van der Waals surface area contributed by atoms with E-state index in [0.29, 0.717) is 12.2 Å². The fourth-order valence-corrected chi connectivity index (χ4v) is 3.04. The maximum atomic E-state index is 11.7. The summed E-state index contributed by atoms with van der Waals surface area (Å²) >= 11 is 0. The largest absolute Gasteiger partial charge is 0.514 e. The van der Waals surface area contributed by atoms with E-state index in [1.54, 1.807) is 0 Å². The van der Waals surface area contributed by atoms with Gasteiger partial charge in [-0.15, -0.1) is 0 Å². The normalized spacial score (nSPS) is 20.0. The summed E-state index contributed by atoms with van der Waals surface area (Å²) in [5.74, 6) is 0. The first-order valence-electron chi connectivity index (χ1n) is 8.91. The highest BCUT2D eigenvalue weighted by atomic mass is 16.7. The molecule has 0 radical (unpaired) electrons. The summed E-state index contributed by atoms with van der Waals surface area (Å²) in [7, 11) is 0. The van der Waals surface area contributed by atoms with Gasteiger partial charge in [-0.2, -0.15) is 0 Å². The molecule has 7 heteroatoms. The molecule has 2 aromatic carbocycles. The monoisotopic (exact) mass is 368 g/mol. The zero-order valence-corrected chi connectivity index (χ0v) is 14.8. The standard InChI is InChI=1S/C20H20N2O5/c1-21-19(27-20(23)26-13-18-12-25-18)16-3-2-15-11-17(5-4-14(15)10-16)22-6-8-24-9-7-22/h2-5,10-11,18-19H,6-9,12-13H2. The minimum Gasteiger partial charge on any atom is -0.431 e. The van der Waals surface area contributed by atoms with Crippen LogP contribution in [0.4, 0.5) is 10.5 Å². The molecule has 0 saturated carbocycles. The smallest absolute Gasteiger partial charge is 0.431 e. The van der Waals surface area contributed by atoms with Gasteiger partial charge in [-0.3, -0.25) is 4.85 Å². The van der Waals surface area contributed by atoms with Crippen molar-refractivity contribution in [3.63, 3.8) is 0 Å². The predicted octanol–water partition coefficient (Wildman–Crippen LogP) is 3.15. The number of hydrogen-bond donors (Lipinski definition) is 0. The van der Waals surface area contributed by atoms with Crippen molar-refractivity contribution in [2.75, 3.05) is 44.4 Å². The molecule has 2 aliphatic rings. The van der Waals surface area contributed by atoms with Gasteiger partial charge in [0, 0.05) is 18.8 Å². The van der Waals surface area contributed by atoms with Gasteiger partial charge in [-0.1, -0.05) is 12.1 Å². The molecule has 2 aromatic rings. The molecule has 0 aromatic heterocycles. The van der Waals surface area contributed by atoms with Gasteiger partial charge >= 0.3 is 12.4 Å². The van der Waals surface area contributed by atoms with Gasteiger partial charge in [0.25, 0.3) is 0 Å². The SMILES string of the molecule is [C-]#[N+]C(OC(=O)OCC1CO1)c1ccc2cc(N3CCOCC3)ccc2c1. The molecule has 0 N–H and O–H groups in total. The molecule has 2 saturated heterocycles. The van der Waals surface area contributed by atoms with E-state index in [1.807, 2.05) is 24.3 Å². The molecule has 2 aliphatic heterocycles. The first kappa shape index (κ1) is 17.6. The fraction of sp³-hybridized carbons (Fsp3) is 0.400. The van der Waals surface area contributed by atoms with Crippen molar-refractivity contribution in [3.8, 4) is 0 Å². The summed E-state index contributed by atoms with van der Waals surface area (Å²) in [5, 5.41) is 2.06. The topological polar surface area (TPSA) is 64.9 Å². The number of ether oxygens (including phenoxy) is 4. The van der Waals surface area contributed by atoms with Crippen molar-refractivity contribution in [2.45, 2.75) is 12.3 Å². The van der Waals surface area contributed by atoms with Gasteiger partial charge < -0.3 is 23.8 Å². The van der Waals surface area contributed by atoms with E-state index >= 15 is 0 Å². The van der Waals surface area contributed by atoms with Gasteiger partial charge in [-0.05, 0) is 35.0 Å². The molecular weight excluding hydrogens is 348 g/mol. The Morgan fingerprint density at radius 2 is 1.96 bits per heavy atom. The number of benzene rings is 2. The number of rotatable bonds is 5. The van der Waals surface area contributed by atoms with Gasteiger partial charge in [0.15, 0.2) is 0 Å². The molecule has 2 fully saturated rings. The Morgan fingerprint density at radius 3 is 2.70 bits per heavy atom. The van der Waals surface area contributed by atoms with Gasteiger partial charge in [0.1, 0.15) is 12.7 Å². The second-order valence-electron chi connectivity index (χ2n) is 6.51. The third-order valence-electron chi connectivity index (χ3n) is 4.62. The van der Waals surface area contributed by atoms with Crippen LogP contribution in [0.25, 0.3) is 15.6 Å². The number of carbonyl (C=O) groups is 1. The van der Waals surface area contributed by atoms with Crippen LogP contribution in [0.5, 0.6) is 0 Å². The van der Waals surface area contributed by atoms with Gasteiger partial charge in [0.2, 0.25) is 0 Å². The lowest BCUT2D eigenvalue weighted by Gasteiger charge is -2.29. The Morgan fingerprint density at radius 1 is 1.22 bits per heavy atom. The summed E-state index contributed by atoms with van der Waals surface area (Å²) in [6.45, 7) is 11.3. The molecule has 2 unspecified atom stereocenters. The van der Waals surface area contributed by atoms with Crippen molar-refractivity contribution < 1.29 is 23.7 Å². The lowest BCUT2D eigenvalue weighted by molar-refractivity contribution is 0.0322. The maximum absolute atomic E-state index is 11.7. The van der Waals surface area contributed by atoms with Crippen LogP contribution in [0.2, 0.25) is 0 Å². The van der Waals surface area contributed by atoms with Crippen molar-refractivity contribution in [1.29, 1.82) is 0 Å². The number of epoxide rings is 1. The highest BCUT2D eigenvalue weighted by molar-refractivity contribution is 5.86. The number of fused-ring (bicyclic) bond motifs is 1. The Hall–Kier alpha value is -2.82. The van der Waals surface area contributed by atoms with E-state index < -0.39 is 12.4 Å². The van der Waals surface area contributed by atoms with Crippen LogP contribution < -0.4 is 4.90 Å². The highest BCUT2D eigenvalue weighted by Crippen LogP contribution is 2.28. The Bertz CT molecular complexity index is 868. The second-order valence-corrected chi connectivity index (χ2v) is 6.51. The van der Waals surface area contributed by atoms with Crippen LogP contribution in [-0.4, -0.2) is 51.8 Å². The van der Waals surface area contributed by atoms with Crippen LogP contribution in [0.15, 0.2) is 36.4 Å². The third kappa shape index (κ3) is 4.30. The van der Waals surface area contributed by atoms with Crippen LogP contribution in [0.3, 0.4) is 0 Å². The second kappa shape index (κ2) is 7.82. The summed E-state index contributed by atoms with van der Waals surface area (Å²) in [6, 6.07) is 11.8. The van der Waals surface area contributed by atoms with Crippen molar-refractivity contribution in [3.05, 3.63) is 53.4 Å². The summed E-state index contributed by atoms with van der Waals surface area (Å²) < 4.78 is 20.5. The molecule has 140 valence electrons. The van der Waals surface area contributed by atoms with Crippen molar-refractivity contribution in [2.24, 2.45) is 0 Å². The van der Waals surface area contributed by atoms with Crippen LogP contribution in [0, 0.1) is 6.57 Å². The average molecular weight is 368 g/mol. The van der Waals surface area contributed by atoms with Crippen LogP contribution in [0.1, 0.15) is 11.8 Å². The van der Waals surface area contributed by atoms with E-state index in [-0.39, 0.29) is 12.7 Å². The Labute approximate surface area is 157 Å². The zero-order chi connectivity index (χ0) is 18.6. The molecule has 0 aliphatic carbocycles. The molecule has 2 atom stereocenters. The zero-order valence-electron chi connectivity index (χ0n) is 14.8. The summed E-state index contributed by atoms with van der Waals surface area (Å²) in [4.78, 5) is 17.4. The maximum Gasteiger partial charge on any atom is 0.514 e. The molecule has 2 heterocycles. The summed E-state index contributed by atoms with van der Waals surface area (Å²) in [6.07, 6.45) is -1.92. The van der Waals surface area contributed by atoms with E-state index in [2.05, 4.69) is 21.9 Å². The predicted molar refractivity (Wildman–Crippen MR) is 98.5 cm³/mol. The van der Waals surface area contributed by atoms with Crippen molar-refractivity contribution >= 4 is 22.6 Å². The van der Waals surface area contributed by atoms with E-state index in [9.17, 15) is 4.79 Å². The number of carbonyl (C=O) groups excluding carboxylic acids is 1. The highest BCUT2D eigenvalue weighted by Gasteiger charge is 2.27. The molecule has 0 bridgehead atoms. The quantitative estimate of drug-likeness (QED) is 0.459. The molecule has 0 amide bonds. The number of hydrogen-bond acceptors (Lipinski definition) is 6. The summed E-state index contributed by atoms with van der Waals surface area (Å²) in [5.41, 5.74) is 1.78. The fourth-order valence-electron chi connectivity index (χ4n) is 3.04. The molecule has 27 heavy (non-hydrogen) atoms. The minimum atomic E-state index is -1.03. The third-order valence-corrected chi connectivity index (χ3v) is 4.62.